The molecule has 0 spiro atoms. The highest BCUT2D eigenvalue weighted by Gasteiger charge is 2.15. The predicted molar refractivity (Wildman–Crippen MR) is 56.7 cm³/mol. The molecule has 1 aromatic heterocycles. The van der Waals surface area contributed by atoms with Crippen LogP contribution in [0.15, 0.2) is 22.9 Å². The van der Waals surface area contributed by atoms with E-state index in [0.717, 1.165) is 0 Å². The number of halogens is 4. The van der Waals surface area contributed by atoms with Crippen molar-refractivity contribution in [2.45, 2.75) is 18.9 Å². The van der Waals surface area contributed by atoms with Gasteiger partial charge in [-0.2, -0.15) is 0 Å². The molecule has 0 radical (unpaired) electrons. The van der Waals surface area contributed by atoms with E-state index in [1.54, 1.807) is 18.3 Å². The van der Waals surface area contributed by atoms with E-state index >= 15 is 0 Å². The average molecular weight is 288 g/mol. The van der Waals surface area contributed by atoms with E-state index in [4.69, 9.17) is 5.73 Å². The van der Waals surface area contributed by atoms with Crippen LogP contribution in [0, 0.1) is 0 Å². The minimum atomic E-state index is -2.39. The molecular weight excluding hydrogens is 277 g/mol. The molecule has 80 valence electrons. The van der Waals surface area contributed by atoms with Crippen LogP contribution in [0.25, 0.3) is 0 Å². The van der Waals surface area contributed by atoms with Gasteiger partial charge in [0, 0.05) is 24.2 Å². The van der Waals surface area contributed by atoms with Crippen molar-refractivity contribution in [2.75, 3.05) is 0 Å². The summed E-state index contributed by atoms with van der Waals surface area (Å²) >= 11 is 3.15. The molecule has 6 heteroatoms. The molecular formula is C8H10BrClF2N2. The van der Waals surface area contributed by atoms with Crippen molar-refractivity contribution in [3.63, 3.8) is 0 Å². The van der Waals surface area contributed by atoms with Crippen LogP contribution in [-0.4, -0.2) is 11.4 Å². The second kappa shape index (κ2) is 6.27. The van der Waals surface area contributed by atoms with E-state index in [0.29, 0.717) is 10.2 Å². The lowest BCUT2D eigenvalue weighted by atomic mass is 10.1. The Balaban J connectivity index is 0.00000169. The van der Waals surface area contributed by atoms with Gasteiger partial charge in [0.15, 0.2) is 0 Å². The minimum absolute atomic E-state index is 0. The molecule has 1 aromatic rings. The summed E-state index contributed by atoms with van der Waals surface area (Å²) < 4.78 is 24.5. The summed E-state index contributed by atoms with van der Waals surface area (Å²) in [6.45, 7) is 0. The summed E-state index contributed by atoms with van der Waals surface area (Å²) in [5.41, 5.74) is 6.16. The number of aromatic nitrogens is 1. The summed E-state index contributed by atoms with van der Waals surface area (Å²) in [4.78, 5) is 3.90. The first-order valence-corrected chi connectivity index (χ1v) is 4.54. The van der Waals surface area contributed by atoms with Gasteiger partial charge in [0.05, 0.1) is 0 Å². The van der Waals surface area contributed by atoms with Gasteiger partial charge in [0.25, 0.3) is 0 Å². The van der Waals surface area contributed by atoms with E-state index in [9.17, 15) is 8.78 Å². The van der Waals surface area contributed by atoms with Crippen molar-refractivity contribution in [3.8, 4) is 0 Å². The molecule has 1 atom stereocenters. The Morgan fingerprint density at radius 1 is 1.50 bits per heavy atom. The lowest BCUT2D eigenvalue weighted by Gasteiger charge is -2.11. The Morgan fingerprint density at radius 3 is 2.64 bits per heavy atom. The number of rotatable bonds is 3. The first kappa shape index (κ1) is 13.7. The van der Waals surface area contributed by atoms with Crippen LogP contribution in [0.3, 0.4) is 0 Å². The third-order valence-corrected chi connectivity index (χ3v) is 2.28. The lowest BCUT2D eigenvalue weighted by molar-refractivity contribution is 0.128. The highest BCUT2D eigenvalue weighted by molar-refractivity contribution is 9.10. The molecule has 0 aliphatic carbocycles. The smallest absolute Gasteiger partial charge is 0.240 e. The second-order valence-corrected chi connectivity index (χ2v) is 3.37. The van der Waals surface area contributed by atoms with Gasteiger partial charge in [-0.15, -0.1) is 12.4 Å². The maximum absolute atomic E-state index is 12.0. The van der Waals surface area contributed by atoms with E-state index < -0.39 is 12.5 Å². The third-order valence-electron chi connectivity index (χ3n) is 1.62. The van der Waals surface area contributed by atoms with Crippen molar-refractivity contribution in [1.29, 1.82) is 0 Å². The maximum Gasteiger partial charge on any atom is 0.240 e. The van der Waals surface area contributed by atoms with Crippen LogP contribution in [0.1, 0.15) is 18.0 Å². The fraction of sp³-hybridized carbons (Fsp3) is 0.375. The molecule has 0 fully saturated rings. The fourth-order valence-corrected chi connectivity index (χ4v) is 1.54. The summed E-state index contributed by atoms with van der Waals surface area (Å²) in [7, 11) is 0. The Morgan fingerprint density at radius 2 is 2.14 bits per heavy atom. The maximum atomic E-state index is 12.0. The minimum Gasteiger partial charge on any atom is -0.324 e. The molecule has 0 unspecified atom stereocenters. The zero-order chi connectivity index (χ0) is 9.84. The lowest BCUT2D eigenvalue weighted by Crippen LogP contribution is -2.14. The summed E-state index contributed by atoms with van der Waals surface area (Å²) in [5, 5.41) is 0. The van der Waals surface area contributed by atoms with Crippen LogP contribution in [0.5, 0.6) is 0 Å². The highest BCUT2D eigenvalue weighted by atomic mass is 79.9. The van der Waals surface area contributed by atoms with Crippen molar-refractivity contribution in [1.82, 2.24) is 4.98 Å². The number of pyridine rings is 1. The number of hydrogen-bond acceptors (Lipinski definition) is 2. The predicted octanol–water partition coefficient (Wildman–Crippen LogP) is 2.92. The monoisotopic (exact) mass is 286 g/mol. The quantitative estimate of drug-likeness (QED) is 0.868. The van der Waals surface area contributed by atoms with Gasteiger partial charge in [-0.05, 0) is 22.0 Å². The number of alkyl halides is 2. The van der Waals surface area contributed by atoms with Crippen LogP contribution >= 0.6 is 28.3 Å². The Kier molecular flexibility index (Phi) is 6.15. The van der Waals surface area contributed by atoms with Gasteiger partial charge in [0.1, 0.15) is 4.60 Å². The first-order valence-electron chi connectivity index (χ1n) is 3.75. The van der Waals surface area contributed by atoms with Gasteiger partial charge >= 0.3 is 0 Å². The molecule has 0 aromatic carbocycles. The molecule has 0 saturated heterocycles. The summed E-state index contributed by atoms with van der Waals surface area (Å²) in [6.07, 6.45) is -1.16. The molecule has 0 saturated carbocycles. The van der Waals surface area contributed by atoms with Gasteiger partial charge in [-0.1, -0.05) is 6.07 Å². The van der Waals surface area contributed by atoms with Crippen LogP contribution in [0.4, 0.5) is 8.78 Å². The number of nitrogens with zero attached hydrogens (tertiary/aromatic N) is 1. The van der Waals surface area contributed by atoms with Crippen LogP contribution in [-0.2, 0) is 0 Å². The molecule has 1 rings (SSSR count). The number of hydrogen-bond donors (Lipinski definition) is 1. The summed E-state index contributed by atoms with van der Waals surface area (Å²) in [5.74, 6) is 0. The van der Waals surface area contributed by atoms with Crippen LogP contribution in [0.2, 0.25) is 0 Å². The second-order valence-electron chi connectivity index (χ2n) is 2.62. The van der Waals surface area contributed by atoms with E-state index in [2.05, 4.69) is 20.9 Å². The summed E-state index contributed by atoms with van der Waals surface area (Å²) in [6, 6.07) is 2.69. The molecule has 2 N–H and O–H groups in total. The van der Waals surface area contributed by atoms with Gasteiger partial charge in [0.2, 0.25) is 6.43 Å². The highest BCUT2D eigenvalue weighted by Crippen LogP contribution is 2.23. The van der Waals surface area contributed by atoms with Crippen molar-refractivity contribution in [2.24, 2.45) is 5.73 Å². The molecule has 0 aliphatic rings. The molecule has 1 heterocycles. The van der Waals surface area contributed by atoms with Crippen LogP contribution < -0.4 is 5.73 Å². The number of nitrogens with two attached hydrogens (primary N) is 1. The third kappa shape index (κ3) is 3.86. The molecule has 0 bridgehead atoms. The van der Waals surface area contributed by atoms with Crippen molar-refractivity contribution < 1.29 is 8.78 Å². The normalized spacial score (nSPS) is 12.4. The molecule has 2 nitrogen and oxygen atoms in total. The molecule has 0 aliphatic heterocycles. The van der Waals surface area contributed by atoms with E-state index in [1.165, 1.54) is 0 Å². The van der Waals surface area contributed by atoms with Gasteiger partial charge in [-0.3, -0.25) is 0 Å². The fourth-order valence-electron chi connectivity index (χ4n) is 0.994. The van der Waals surface area contributed by atoms with E-state index in [1.807, 2.05) is 0 Å². The molecule has 0 amide bonds. The van der Waals surface area contributed by atoms with Crippen molar-refractivity contribution in [3.05, 3.63) is 28.5 Å². The Hall–Kier alpha value is -0.260. The zero-order valence-corrected chi connectivity index (χ0v) is 9.56. The standard InChI is InChI=1S/C8H9BrF2N2.ClH/c9-8-5(2-1-3-13-8)6(12)4-7(10)11;/h1-3,6-7H,4,12H2;1H/t6-;/m1./s1. The van der Waals surface area contributed by atoms with Crippen molar-refractivity contribution >= 4 is 28.3 Å². The Labute approximate surface area is 95.4 Å². The molecule has 14 heavy (non-hydrogen) atoms. The zero-order valence-electron chi connectivity index (χ0n) is 7.16. The van der Waals surface area contributed by atoms with Gasteiger partial charge < -0.3 is 5.73 Å². The average Bonchev–Trinajstić information content (AvgIpc) is 2.03. The SMILES string of the molecule is Cl.N[C@H](CC(F)F)c1cccnc1Br. The largest absolute Gasteiger partial charge is 0.324 e. The van der Waals surface area contributed by atoms with E-state index in [-0.39, 0.29) is 18.8 Å². The first-order chi connectivity index (χ1) is 6.11. The van der Waals surface area contributed by atoms with Gasteiger partial charge in [-0.25, -0.2) is 13.8 Å². The topological polar surface area (TPSA) is 38.9 Å². The Bertz CT molecular complexity index is 286.